The summed E-state index contributed by atoms with van der Waals surface area (Å²) in [6.07, 6.45) is -0.251. The summed E-state index contributed by atoms with van der Waals surface area (Å²) in [5.74, 6) is -2.05. The normalized spacial score (nSPS) is 14.4. The van der Waals surface area contributed by atoms with E-state index in [0.29, 0.717) is 10.6 Å². The number of nitrogens with zero attached hydrogens (tertiary/aromatic N) is 1. The Morgan fingerprint density at radius 1 is 1.00 bits per heavy atom. The minimum Gasteiger partial charge on any atom is -0.454 e. The Balaban J connectivity index is 2.31. The van der Waals surface area contributed by atoms with Crippen molar-refractivity contribution >= 4 is 49.0 Å². The molecule has 30 heavy (non-hydrogen) atoms. The predicted molar refractivity (Wildman–Crippen MR) is 112 cm³/mol. The number of benzene rings is 1. The van der Waals surface area contributed by atoms with Crippen molar-refractivity contribution in [3.63, 3.8) is 0 Å². The van der Waals surface area contributed by atoms with Gasteiger partial charge in [0.15, 0.2) is 5.78 Å². The number of carbonyl (C=O) groups is 4. The number of hydroxylamine groups is 2. The molecule has 1 aliphatic rings. The Labute approximate surface area is 182 Å². The molecule has 159 valence electrons. The Morgan fingerprint density at radius 3 is 2.07 bits per heavy atom. The van der Waals surface area contributed by atoms with Gasteiger partial charge in [-0.05, 0) is 53.6 Å². The summed E-state index contributed by atoms with van der Waals surface area (Å²) in [6.45, 7) is 12.0. The second-order valence-electron chi connectivity index (χ2n) is 8.42. The molecule has 0 atom stereocenters. The Hall–Kier alpha value is -2.11. The molecule has 1 saturated heterocycles. The fourth-order valence-corrected chi connectivity index (χ4v) is 4.93. The number of rotatable bonds is 7. The number of carbonyl (C=O) groups excluding carboxylic acids is 4. The largest absolute Gasteiger partial charge is 0.454 e. The number of amides is 2. The number of imide groups is 1. The van der Waals surface area contributed by atoms with Crippen LogP contribution in [-0.4, -0.2) is 48.9 Å². The maximum Gasteiger partial charge on any atom is 0.333 e. The highest BCUT2D eigenvalue weighted by Gasteiger charge is 2.33. The van der Waals surface area contributed by atoms with Crippen LogP contribution >= 0.6 is 0 Å². The first-order valence-electron chi connectivity index (χ1n) is 9.72. The van der Waals surface area contributed by atoms with E-state index in [1.54, 1.807) is 0 Å². The van der Waals surface area contributed by atoms with Gasteiger partial charge in [0.05, 0.1) is 6.42 Å². The van der Waals surface area contributed by atoms with Gasteiger partial charge in [0, 0.05) is 24.8 Å². The van der Waals surface area contributed by atoms with Crippen LogP contribution in [0.4, 0.5) is 0 Å². The van der Waals surface area contributed by atoms with Gasteiger partial charge in [-0.2, -0.15) is 0 Å². The van der Waals surface area contributed by atoms with Gasteiger partial charge >= 0.3 is 5.97 Å². The van der Waals surface area contributed by atoms with Crippen molar-refractivity contribution in [2.75, 3.05) is 0 Å². The highest BCUT2D eigenvalue weighted by molar-refractivity contribution is 6.52. The maximum absolute atomic E-state index is 13.2. The molecule has 0 aromatic heterocycles. The Bertz CT molecular complexity index is 888. The van der Waals surface area contributed by atoms with Crippen LogP contribution in [0.5, 0.6) is 0 Å². The molecule has 0 N–H and O–H groups in total. The van der Waals surface area contributed by atoms with Crippen LogP contribution in [0.1, 0.15) is 79.1 Å². The highest BCUT2D eigenvalue weighted by Crippen LogP contribution is 2.31. The first kappa shape index (κ1) is 24.2. The van der Waals surface area contributed by atoms with Gasteiger partial charge in [-0.1, -0.05) is 20.8 Å². The number of hydrogen-bond donors (Lipinski definition) is 0. The van der Waals surface area contributed by atoms with Gasteiger partial charge in [-0.25, -0.2) is 4.79 Å². The average Bonchev–Trinajstić information content (AvgIpc) is 2.97. The predicted octanol–water partition coefficient (Wildman–Crippen LogP) is 1.82. The van der Waals surface area contributed by atoms with E-state index in [-0.39, 0.29) is 46.6 Å². The van der Waals surface area contributed by atoms with Gasteiger partial charge < -0.3 is 8.95 Å². The van der Waals surface area contributed by atoms with Crippen LogP contribution in [0.25, 0.3) is 0 Å². The van der Waals surface area contributed by atoms with Crippen molar-refractivity contribution < 1.29 is 28.1 Å². The lowest BCUT2D eigenvalue weighted by Gasteiger charge is -2.30. The van der Waals surface area contributed by atoms with Crippen LogP contribution in [-0.2, 0) is 28.8 Å². The van der Waals surface area contributed by atoms with Crippen molar-refractivity contribution in [2.45, 2.75) is 72.6 Å². The van der Waals surface area contributed by atoms with E-state index in [0.717, 1.165) is 27.4 Å². The summed E-state index contributed by atoms with van der Waals surface area (Å²) in [5.41, 5.74) is 4.14. The van der Waals surface area contributed by atoms with E-state index in [4.69, 9.17) is 8.95 Å². The molecule has 0 spiro atoms. The van der Waals surface area contributed by atoms with Gasteiger partial charge in [0.25, 0.3) is 21.6 Å². The number of ketones is 1. The molecular weight excluding hydrogens is 418 g/mol. The number of hydrogen-bond acceptors (Lipinski definition) is 6. The summed E-state index contributed by atoms with van der Waals surface area (Å²) in [5, 5.41) is 1.47. The molecule has 1 aromatic carbocycles. The Morgan fingerprint density at radius 2 is 1.57 bits per heavy atom. The van der Waals surface area contributed by atoms with Gasteiger partial charge in [0.1, 0.15) is 0 Å². The molecular formula is C21H26NO6Si2. The maximum atomic E-state index is 13.2. The van der Waals surface area contributed by atoms with E-state index in [1.165, 1.54) is 0 Å². The van der Waals surface area contributed by atoms with E-state index in [9.17, 15) is 19.2 Å². The third-order valence-electron chi connectivity index (χ3n) is 5.31. The van der Waals surface area contributed by atoms with Gasteiger partial charge in [-0.3, -0.25) is 14.4 Å². The summed E-state index contributed by atoms with van der Waals surface area (Å²) in [6, 6.07) is 0. The third kappa shape index (κ3) is 4.96. The molecule has 2 amide bonds. The molecule has 0 bridgehead atoms. The monoisotopic (exact) mass is 444 g/mol. The van der Waals surface area contributed by atoms with Crippen molar-refractivity contribution in [3.8, 4) is 0 Å². The molecule has 2 rings (SSSR count). The molecule has 0 saturated carbocycles. The molecule has 7 nitrogen and oxygen atoms in total. The van der Waals surface area contributed by atoms with Crippen LogP contribution in [0, 0.1) is 20.8 Å². The van der Waals surface area contributed by atoms with Crippen molar-refractivity contribution in [2.24, 2.45) is 0 Å². The summed E-state index contributed by atoms with van der Waals surface area (Å²) in [4.78, 5) is 53.4. The zero-order valence-corrected chi connectivity index (χ0v) is 20.2. The van der Waals surface area contributed by atoms with Crippen molar-refractivity contribution in [3.05, 3.63) is 27.8 Å². The number of Topliss-reactive ketones (excluding diaryl/α,β-unsaturated/α-hetero) is 1. The zero-order valence-electron chi connectivity index (χ0n) is 18.2. The Kier molecular flexibility index (Phi) is 7.54. The molecule has 9 heteroatoms. The van der Waals surface area contributed by atoms with E-state index in [1.807, 2.05) is 41.5 Å². The molecule has 1 aromatic rings. The second-order valence-corrected chi connectivity index (χ2v) is 9.94. The lowest BCUT2D eigenvalue weighted by atomic mass is 9.78. The highest BCUT2D eigenvalue weighted by atomic mass is 28.3. The van der Waals surface area contributed by atoms with E-state index < -0.39 is 17.8 Å². The fourth-order valence-electron chi connectivity index (χ4n) is 3.58. The van der Waals surface area contributed by atoms with E-state index >= 15 is 0 Å². The fraction of sp³-hybridized carbons (Fsp3) is 0.524. The van der Waals surface area contributed by atoms with Gasteiger partial charge in [0.2, 0.25) is 10.5 Å². The quantitative estimate of drug-likeness (QED) is 0.362. The minimum atomic E-state index is -0.781. The SMILES string of the molecule is Cc1c(C)c([Si]O[Si])c(C(C)(C)C)c(C(=O)CCC(=O)ON2C(=O)CCC2=O)c1C. The van der Waals surface area contributed by atoms with E-state index in [2.05, 4.69) is 10.5 Å². The van der Waals surface area contributed by atoms with Crippen LogP contribution in [0.3, 0.4) is 0 Å². The molecule has 1 fully saturated rings. The zero-order chi connectivity index (χ0) is 22.8. The standard InChI is InChI=1S/C21H26NO6Si2/c1-11-12(2)18(19(21(4,5)6)20(13(11)3)30-28-29)14(23)7-10-17(26)27-22-15(24)8-9-16(22)25/h7-10H2,1-6H3. The average molecular weight is 445 g/mol. The third-order valence-corrected chi connectivity index (χ3v) is 6.55. The lowest BCUT2D eigenvalue weighted by Crippen LogP contribution is -2.35. The summed E-state index contributed by atoms with van der Waals surface area (Å²) >= 11 is 0. The second kappa shape index (κ2) is 9.36. The minimum absolute atomic E-state index is 0.0233. The van der Waals surface area contributed by atoms with Crippen LogP contribution in [0.2, 0.25) is 0 Å². The molecule has 0 unspecified atom stereocenters. The molecule has 1 heterocycles. The molecule has 5 radical (unpaired) electrons. The van der Waals surface area contributed by atoms with Crippen molar-refractivity contribution in [1.82, 2.24) is 5.06 Å². The topological polar surface area (TPSA) is 90.0 Å². The molecule has 0 aliphatic carbocycles. The van der Waals surface area contributed by atoms with Crippen LogP contribution < -0.4 is 5.19 Å². The lowest BCUT2D eigenvalue weighted by molar-refractivity contribution is -0.197. The molecule has 1 aliphatic heterocycles. The summed E-state index contributed by atoms with van der Waals surface area (Å²) in [7, 11) is 3.11. The first-order valence-corrected chi connectivity index (χ1v) is 11.0. The van der Waals surface area contributed by atoms with Crippen LogP contribution in [0.15, 0.2) is 0 Å². The first-order chi connectivity index (χ1) is 13.9. The summed E-state index contributed by atoms with van der Waals surface area (Å²) < 4.78 is 5.25. The smallest absolute Gasteiger partial charge is 0.333 e. The van der Waals surface area contributed by atoms with Crippen molar-refractivity contribution in [1.29, 1.82) is 0 Å². The van der Waals surface area contributed by atoms with Gasteiger partial charge in [-0.15, -0.1) is 5.06 Å².